The molecule has 3 heteroatoms. The minimum atomic E-state index is -0.171. The summed E-state index contributed by atoms with van der Waals surface area (Å²) in [7, 11) is 0. The van der Waals surface area contributed by atoms with Gasteiger partial charge in [0.15, 0.2) is 0 Å². The Labute approximate surface area is 79.6 Å². The minimum Gasteiger partial charge on any atom is -0.466 e. The summed E-state index contributed by atoms with van der Waals surface area (Å²) in [4.78, 5) is 11.1. The Bertz CT molecular complexity index is 205. The molecule has 0 bridgehead atoms. The van der Waals surface area contributed by atoms with Crippen molar-refractivity contribution in [3.05, 3.63) is 0 Å². The molecule has 2 N–H and O–H groups in total. The number of ether oxygens (including phenoxy) is 1. The van der Waals surface area contributed by atoms with Gasteiger partial charge in [0.1, 0.15) is 0 Å². The summed E-state index contributed by atoms with van der Waals surface area (Å²) in [5.41, 5.74) is 6.11. The Morgan fingerprint density at radius 1 is 1.77 bits per heavy atom. The van der Waals surface area contributed by atoms with Gasteiger partial charge in [0, 0.05) is 6.04 Å². The first kappa shape index (κ1) is 10.5. The van der Waals surface area contributed by atoms with E-state index in [1.54, 1.807) is 0 Å². The van der Waals surface area contributed by atoms with Gasteiger partial charge in [-0.3, -0.25) is 4.79 Å². The van der Waals surface area contributed by atoms with Crippen LogP contribution in [0.4, 0.5) is 0 Å². The molecule has 0 aromatic rings. The van der Waals surface area contributed by atoms with E-state index < -0.39 is 0 Å². The van der Waals surface area contributed by atoms with Crippen LogP contribution in [0.3, 0.4) is 0 Å². The summed E-state index contributed by atoms with van der Waals surface area (Å²) >= 11 is 0. The van der Waals surface area contributed by atoms with Gasteiger partial charge >= 0.3 is 5.97 Å². The van der Waals surface area contributed by atoms with Crippen molar-refractivity contribution in [2.24, 2.45) is 17.1 Å². The molecule has 0 heterocycles. The highest BCUT2D eigenvalue weighted by Crippen LogP contribution is 2.54. The highest BCUT2D eigenvalue weighted by Gasteiger charge is 2.51. The zero-order valence-electron chi connectivity index (χ0n) is 8.67. The molecule has 3 atom stereocenters. The van der Waals surface area contributed by atoms with Crippen LogP contribution in [0.1, 0.15) is 33.6 Å². The van der Waals surface area contributed by atoms with E-state index in [0.29, 0.717) is 18.9 Å². The van der Waals surface area contributed by atoms with Crippen molar-refractivity contribution >= 4 is 5.97 Å². The molecule has 1 aliphatic carbocycles. The molecule has 1 fully saturated rings. The van der Waals surface area contributed by atoms with Crippen molar-refractivity contribution < 1.29 is 9.53 Å². The van der Waals surface area contributed by atoms with E-state index >= 15 is 0 Å². The van der Waals surface area contributed by atoms with Crippen LogP contribution < -0.4 is 5.73 Å². The lowest BCUT2D eigenvalue weighted by atomic mass is 9.94. The summed E-state index contributed by atoms with van der Waals surface area (Å²) in [6.07, 6.45) is 1.49. The molecule has 0 aliphatic heterocycles. The Morgan fingerprint density at radius 2 is 2.31 bits per heavy atom. The Morgan fingerprint density at radius 3 is 2.69 bits per heavy atom. The highest BCUT2D eigenvalue weighted by molar-refractivity contribution is 5.70. The first-order valence-corrected chi connectivity index (χ1v) is 4.92. The molecule has 0 aromatic heterocycles. The van der Waals surface area contributed by atoms with Gasteiger partial charge in [-0.15, -0.1) is 0 Å². The van der Waals surface area contributed by atoms with E-state index in [9.17, 15) is 4.79 Å². The van der Waals surface area contributed by atoms with Crippen LogP contribution in [-0.4, -0.2) is 18.6 Å². The first-order chi connectivity index (χ1) is 6.00. The molecule has 0 aromatic carbocycles. The third kappa shape index (κ3) is 2.21. The fourth-order valence-electron chi connectivity index (χ4n) is 1.75. The predicted molar refractivity (Wildman–Crippen MR) is 51.1 cm³/mol. The average molecular weight is 185 g/mol. The molecule has 0 radical (unpaired) electrons. The van der Waals surface area contributed by atoms with E-state index in [1.807, 2.05) is 6.92 Å². The molecule has 0 saturated heterocycles. The molecule has 13 heavy (non-hydrogen) atoms. The zero-order chi connectivity index (χ0) is 10.1. The van der Waals surface area contributed by atoms with Crippen LogP contribution in [0, 0.1) is 11.3 Å². The van der Waals surface area contributed by atoms with Gasteiger partial charge in [-0.2, -0.15) is 0 Å². The Kier molecular flexibility index (Phi) is 2.96. The molecule has 1 rings (SSSR count). The molecule has 0 spiro atoms. The summed E-state index contributed by atoms with van der Waals surface area (Å²) in [5.74, 6) is 0.479. The van der Waals surface area contributed by atoms with E-state index in [0.717, 1.165) is 6.42 Å². The molecule has 1 aliphatic rings. The number of nitrogens with two attached hydrogens (primary N) is 1. The van der Waals surface area contributed by atoms with Crippen LogP contribution in [0.15, 0.2) is 0 Å². The van der Waals surface area contributed by atoms with E-state index in [1.165, 1.54) is 0 Å². The quantitative estimate of drug-likeness (QED) is 0.672. The van der Waals surface area contributed by atoms with E-state index in [2.05, 4.69) is 13.8 Å². The number of esters is 1. The topological polar surface area (TPSA) is 52.3 Å². The van der Waals surface area contributed by atoms with Crippen LogP contribution in [0.5, 0.6) is 0 Å². The monoisotopic (exact) mass is 185 g/mol. The summed E-state index contributed by atoms with van der Waals surface area (Å²) in [6, 6.07) is -0.0402. The zero-order valence-corrected chi connectivity index (χ0v) is 8.67. The molecule has 0 amide bonds. The van der Waals surface area contributed by atoms with Crippen LogP contribution in [-0.2, 0) is 9.53 Å². The van der Waals surface area contributed by atoms with Gasteiger partial charge in [0.05, 0.1) is 13.0 Å². The van der Waals surface area contributed by atoms with Crippen molar-refractivity contribution in [1.82, 2.24) is 0 Å². The predicted octanol–water partition coefficient (Wildman–Crippen LogP) is 1.31. The summed E-state index contributed by atoms with van der Waals surface area (Å²) < 4.78 is 4.85. The Balaban J connectivity index is 2.33. The van der Waals surface area contributed by atoms with Gasteiger partial charge in [0.25, 0.3) is 0 Å². The molecular formula is C10H19NO2. The second-order valence-corrected chi connectivity index (χ2v) is 4.23. The molecule has 3 nitrogen and oxygen atoms in total. The van der Waals surface area contributed by atoms with Gasteiger partial charge in [-0.1, -0.05) is 13.8 Å². The average Bonchev–Trinajstić information content (AvgIpc) is 2.61. The molecule has 76 valence electrons. The minimum absolute atomic E-state index is 0.0402. The number of hydrogen-bond donors (Lipinski definition) is 1. The SMILES string of the molecule is CCOC(=O)CC(N)C1(C)CC1C. The van der Waals surface area contributed by atoms with Gasteiger partial charge < -0.3 is 10.5 Å². The third-order valence-corrected chi connectivity index (χ3v) is 3.25. The molecule has 3 unspecified atom stereocenters. The van der Waals surface area contributed by atoms with Gasteiger partial charge in [-0.05, 0) is 24.7 Å². The van der Waals surface area contributed by atoms with Gasteiger partial charge in [0.2, 0.25) is 0 Å². The van der Waals surface area contributed by atoms with Gasteiger partial charge in [-0.25, -0.2) is 0 Å². The number of carbonyl (C=O) groups excluding carboxylic acids is 1. The van der Waals surface area contributed by atoms with E-state index in [-0.39, 0.29) is 17.4 Å². The second-order valence-electron chi connectivity index (χ2n) is 4.23. The first-order valence-electron chi connectivity index (χ1n) is 4.92. The smallest absolute Gasteiger partial charge is 0.307 e. The van der Waals surface area contributed by atoms with Crippen LogP contribution in [0.25, 0.3) is 0 Å². The summed E-state index contributed by atoms with van der Waals surface area (Å²) in [5, 5.41) is 0. The lowest BCUT2D eigenvalue weighted by molar-refractivity contribution is -0.143. The van der Waals surface area contributed by atoms with Crippen molar-refractivity contribution in [2.75, 3.05) is 6.61 Å². The molecular weight excluding hydrogens is 166 g/mol. The third-order valence-electron chi connectivity index (χ3n) is 3.25. The lowest BCUT2D eigenvalue weighted by Crippen LogP contribution is -2.33. The summed E-state index contributed by atoms with van der Waals surface area (Å²) in [6.45, 7) is 6.56. The largest absolute Gasteiger partial charge is 0.466 e. The maximum Gasteiger partial charge on any atom is 0.307 e. The van der Waals surface area contributed by atoms with Crippen molar-refractivity contribution in [3.8, 4) is 0 Å². The highest BCUT2D eigenvalue weighted by atomic mass is 16.5. The number of carbonyl (C=O) groups is 1. The number of rotatable bonds is 4. The maximum absolute atomic E-state index is 11.1. The van der Waals surface area contributed by atoms with Crippen LogP contribution in [0.2, 0.25) is 0 Å². The maximum atomic E-state index is 11.1. The fraction of sp³-hybridized carbons (Fsp3) is 0.900. The lowest BCUT2D eigenvalue weighted by Gasteiger charge is -2.18. The fourth-order valence-corrected chi connectivity index (χ4v) is 1.75. The Hall–Kier alpha value is -0.570. The van der Waals surface area contributed by atoms with Crippen molar-refractivity contribution in [2.45, 2.75) is 39.7 Å². The van der Waals surface area contributed by atoms with Crippen LogP contribution >= 0.6 is 0 Å². The molecule has 1 saturated carbocycles. The van der Waals surface area contributed by atoms with Crippen molar-refractivity contribution in [1.29, 1.82) is 0 Å². The van der Waals surface area contributed by atoms with Crippen molar-refractivity contribution in [3.63, 3.8) is 0 Å². The van der Waals surface area contributed by atoms with E-state index in [4.69, 9.17) is 10.5 Å². The normalized spacial score (nSPS) is 34.0. The standard InChI is InChI=1S/C10H19NO2/c1-4-13-9(12)5-8(11)10(3)6-7(10)2/h7-8H,4-6,11H2,1-3H3. The second kappa shape index (κ2) is 3.66. The number of hydrogen-bond acceptors (Lipinski definition) is 3.